The van der Waals surface area contributed by atoms with Crippen molar-refractivity contribution < 1.29 is 4.79 Å². The van der Waals surface area contributed by atoms with E-state index in [1.807, 2.05) is 30.0 Å². The third-order valence-electron chi connectivity index (χ3n) is 3.82. The first-order chi connectivity index (χ1) is 9.13. The topological polar surface area (TPSA) is 46.3 Å². The van der Waals surface area contributed by atoms with Crippen LogP contribution in [0.1, 0.15) is 41.6 Å². The lowest BCUT2D eigenvalue weighted by Crippen LogP contribution is -2.44. The summed E-state index contributed by atoms with van der Waals surface area (Å²) in [5.41, 5.74) is 7.51. The van der Waals surface area contributed by atoms with Crippen LogP contribution in [0, 0.1) is 6.92 Å². The molecule has 1 aromatic rings. The molecule has 1 atom stereocenters. The number of halogens is 2. The lowest BCUT2D eigenvalue weighted by atomic mass is 9.97. The van der Waals surface area contributed by atoms with Crippen LogP contribution in [-0.4, -0.2) is 29.9 Å². The van der Waals surface area contributed by atoms with Crippen LogP contribution >= 0.6 is 28.3 Å². The van der Waals surface area contributed by atoms with E-state index in [-0.39, 0.29) is 18.3 Å². The van der Waals surface area contributed by atoms with Gasteiger partial charge < -0.3 is 10.6 Å². The number of piperidine rings is 1. The summed E-state index contributed by atoms with van der Waals surface area (Å²) in [6.07, 6.45) is 4.28. The first kappa shape index (κ1) is 17.5. The molecule has 0 spiro atoms. The third kappa shape index (κ3) is 3.96. The Bertz CT molecular complexity index is 465. The Morgan fingerprint density at radius 1 is 1.45 bits per heavy atom. The number of amides is 1. The van der Waals surface area contributed by atoms with E-state index in [0.717, 1.165) is 41.4 Å². The van der Waals surface area contributed by atoms with Crippen LogP contribution in [0.4, 0.5) is 0 Å². The molecule has 0 aliphatic carbocycles. The molecule has 0 saturated carbocycles. The molecule has 0 radical (unpaired) electrons. The average Bonchev–Trinajstić information content (AvgIpc) is 2.42. The predicted octanol–water partition coefficient (Wildman–Crippen LogP) is 3.52. The number of carbonyl (C=O) groups is 1. The number of benzene rings is 1. The van der Waals surface area contributed by atoms with E-state index in [1.165, 1.54) is 6.42 Å². The number of nitrogens with two attached hydrogens (primary N) is 1. The monoisotopic (exact) mass is 360 g/mol. The van der Waals surface area contributed by atoms with Gasteiger partial charge in [0.05, 0.1) is 0 Å². The molecule has 5 heteroatoms. The van der Waals surface area contributed by atoms with E-state index in [9.17, 15) is 4.79 Å². The highest BCUT2D eigenvalue weighted by molar-refractivity contribution is 9.10. The quantitative estimate of drug-likeness (QED) is 0.895. The number of likely N-dealkylation sites (tertiary alicyclic amines) is 1. The summed E-state index contributed by atoms with van der Waals surface area (Å²) in [6.45, 7) is 3.49. The fourth-order valence-corrected chi connectivity index (χ4v) is 3.10. The van der Waals surface area contributed by atoms with E-state index < -0.39 is 0 Å². The van der Waals surface area contributed by atoms with Crippen LogP contribution in [0.5, 0.6) is 0 Å². The van der Waals surface area contributed by atoms with Crippen molar-refractivity contribution in [2.24, 2.45) is 5.73 Å². The molecule has 2 N–H and O–H groups in total. The van der Waals surface area contributed by atoms with Gasteiger partial charge in [-0.1, -0.05) is 22.0 Å². The molecule has 1 aliphatic heterocycles. The van der Waals surface area contributed by atoms with Crippen molar-refractivity contribution >= 4 is 34.2 Å². The van der Waals surface area contributed by atoms with Gasteiger partial charge in [0.2, 0.25) is 0 Å². The second-order valence-electron chi connectivity index (χ2n) is 5.18. The van der Waals surface area contributed by atoms with E-state index in [4.69, 9.17) is 5.73 Å². The maximum atomic E-state index is 12.7. The number of carbonyl (C=O) groups excluding carboxylic acids is 1. The average molecular weight is 362 g/mol. The van der Waals surface area contributed by atoms with Crippen LogP contribution in [-0.2, 0) is 0 Å². The summed E-state index contributed by atoms with van der Waals surface area (Å²) >= 11 is 3.44. The summed E-state index contributed by atoms with van der Waals surface area (Å²) in [7, 11) is 0. The molecular weight excluding hydrogens is 340 g/mol. The Kier molecular flexibility index (Phi) is 7.00. The molecule has 2 rings (SSSR count). The molecule has 0 aromatic heterocycles. The Balaban J connectivity index is 0.00000200. The molecule has 20 heavy (non-hydrogen) atoms. The van der Waals surface area contributed by atoms with Gasteiger partial charge in [0.25, 0.3) is 5.91 Å². The third-order valence-corrected chi connectivity index (χ3v) is 4.31. The van der Waals surface area contributed by atoms with Crippen LogP contribution in [0.3, 0.4) is 0 Å². The fourth-order valence-electron chi connectivity index (χ4n) is 2.74. The van der Waals surface area contributed by atoms with Crippen molar-refractivity contribution in [3.05, 3.63) is 33.8 Å². The first-order valence-corrected chi connectivity index (χ1v) is 7.70. The van der Waals surface area contributed by atoms with Gasteiger partial charge in [0.15, 0.2) is 0 Å². The molecule has 112 valence electrons. The minimum atomic E-state index is 0. The molecule has 0 bridgehead atoms. The Hall–Kier alpha value is -0.580. The first-order valence-electron chi connectivity index (χ1n) is 6.90. The van der Waals surface area contributed by atoms with Crippen LogP contribution < -0.4 is 5.73 Å². The molecule has 1 amide bonds. The number of rotatable bonds is 3. The van der Waals surface area contributed by atoms with Gasteiger partial charge in [-0.05, 0) is 56.8 Å². The summed E-state index contributed by atoms with van der Waals surface area (Å²) in [5.74, 6) is 0.150. The van der Waals surface area contributed by atoms with E-state index in [2.05, 4.69) is 15.9 Å². The SMILES string of the molecule is Cc1ccc(Br)cc1C(=O)N1CCCCC1CCN.Cl. The fraction of sp³-hybridized carbons (Fsp3) is 0.533. The Morgan fingerprint density at radius 3 is 2.90 bits per heavy atom. The molecule has 1 heterocycles. The number of aryl methyl sites for hydroxylation is 1. The van der Waals surface area contributed by atoms with Crippen molar-refractivity contribution in [3.63, 3.8) is 0 Å². The lowest BCUT2D eigenvalue weighted by Gasteiger charge is -2.36. The molecular formula is C15H22BrClN2O. The van der Waals surface area contributed by atoms with Crippen molar-refractivity contribution in [1.29, 1.82) is 0 Å². The Morgan fingerprint density at radius 2 is 2.20 bits per heavy atom. The number of hydrogen-bond acceptors (Lipinski definition) is 2. The molecule has 1 unspecified atom stereocenters. The van der Waals surface area contributed by atoms with Crippen LogP contribution in [0.15, 0.2) is 22.7 Å². The van der Waals surface area contributed by atoms with Gasteiger partial charge in [-0.3, -0.25) is 4.79 Å². The highest BCUT2D eigenvalue weighted by Gasteiger charge is 2.27. The predicted molar refractivity (Wildman–Crippen MR) is 88.5 cm³/mol. The van der Waals surface area contributed by atoms with Gasteiger partial charge in [0, 0.05) is 22.6 Å². The Labute approximate surface area is 135 Å². The van der Waals surface area contributed by atoms with Gasteiger partial charge in [0.1, 0.15) is 0 Å². The zero-order valence-corrected chi connectivity index (χ0v) is 14.2. The van der Waals surface area contributed by atoms with E-state index >= 15 is 0 Å². The highest BCUT2D eigenvalue weighted by atomic mass is 79.9. The second-order valence-corrected chi connectivity index (χ2v) is 6.10. The highest BCUT2D eigenvalue weighted by Crippen LogP contribution is 2.24. The summed E-state index contributed by atoms with van der Waals surface area (Å²) in [4.78, 5) is 14.7. The van der Waals surface area contributed by atoms with Gasteiger partial charge in [-0.25, -0.2) is 0 Å². The zero-order valence-electron chi connectivity index (χ0n) is 11.8. The molecule has 1 saturated heterocycles. The molecule has 1 aromatic carbocycles. The lowest BCUT2D eigenvalue weighted by molar-refractivity contribution is 0.0604. The summed E-state index contributed by atoms with van der Waals surface area (Å²) < 4.78 is 0.953. The smallest absolute Gasteiger partial charge is 0.254 e. The van der Waals surface area contributed by atoms with Crippen molar-refractivity contribution in [1.82, 2.24) is 4.90 Å². The van der Waals surface area contributed by atoms with Gasteiger partial charge in [-0.15, -0.1) is 12.4 Å². The van der Waals surface area contributed by atoms with Gasteiger partial charge >= 0.3 is 0 Å². The van der Waals surface area contributed by atoms with E-state index in [1.54, 1.807) is 0 Å². The zero-order chi connectivity index (χ0) is 13.8. The largest absolute Gasteiger partial charge is 0.336 e. The second kappa shape index (κ2) is 8.01. The summed E-state index contributed by atoms with van der Waals surface area (Å²) in [5, 5.41) is 0. The minimum Gasteiger partial charge on any atom is -0.336 e. The van der Waals surface area contributed by atoms with Crippen LogP contribution in [0.2, 0.25) is 0 Å². The number of hydrogen-bond donors (Lipinski definition) is 1. The van der Waals surface area contributed by atoms with Crippen molar-refractivity contribution in [2.75, 3.05) is 13.1 Å². The molecule has 3 nitrogen and oxygen atoms in total. The molecule has 1 fully saturated rings. The maximum absolute atomic E-state index is 12.7. The summed E-state index contributed by atoms with van der Waals surface area (Å²) in [6, 6.07) is 6.19. The van der Waals surface area contributed by atoms with Crippen molar-refractivity contribution in [2.45, 2.75) is 38.6 Å². The van der Waals surface area contributed by atoms with Gasteiger partial charge in [-0.2, -0.15) is 0 Å². The van der Waals surface area contributed by atoms with Crippen LogP contribution in [0.25, 0.3) is 0 Å². The molecule has 1 aliphatic rings. The van der Waals surface area contributed by atoms with E-state index in [0.29, 0.717) is 12.6 Å². The normalized spacial score (nSPS) is 18.6. The number of nitrogens with zero attached hydrogens (tertiary/aromatic N) is 1. The van der Waals surface area contributed by atoms with Crippen molar-refractivity contribution in [3.8, 4) is 0 Å². The standard InChI is InChI=1S/C15H21BrN2O.ClH/c1-11-5-6-12(16)10-14(11)15(19)18-9-3-2-4-13(18)7-8-17;/h5-6,10,13H,2-4,7-9,17H2,1H3;1H. The minimum absolute atomic E-state index is 0. The maximum Gasteiger partial charge on any atom is 0.254 e.